The molecule has 0 aromatic rings. The number of nitrogens with zero attached hydrogens (tertiary/aromatic N) is 1. The van der Waals surface area contributed by atoms with E-state index in [0.29, 0.717) is 12.0 Å². The summed E-state index contributed by atoms with van der Waals surface area (Å²) in [5.41, 5.74) is -0.610. The Morgan fingerprint density at radius 1 is 1.47 bits per heavy atom. The first-order valence-corrected chi connectivity index (χ1v) is 6.90. The molecule has 3 heteroatoms. The van der Waals surface area contributed by atoms with Crippen LogP contribution in [-0.2, 0) is 4.79 Å². The van der Waals surface area contributed by atoms with Gasteiger partial charge in [0.05, 0.1) is 0 Å². The smallest absolute Gasteiger partial charge is 0.324 e. The monoisotopic (exact) mass is 241 g/mol. The summed E-state index contributed by atoms with van der Waals surface area (Å²) in [6.07, 6.45) is 5.85. The Bertz CT molecular complexity index is 257. The van der Waals surface area contributed by atoms with Gasteiger partial charge in [-0.15, -0.1) is 0 Å². The molecule has 1 N–H and O–H groups in total. The Labute approximate surface area is 105 Å². The minimum atomic E-state index is -0.630. The molecule has 1 aliphatic carbocycles. The molecule has 1 fully saturated rings. The summed E-state index contributed by atoms with van der Waals surface area (Å²) in [4.78, 5) is 13.8. The van der Waals surface area contributed by atoms with Crippen LogP contribution in [0, 0.1) is 5.92 Å². The van der Waals surface area contributed by atoms with E-state index in [9.17, 15) is 9.90 Å². The summed E-state index contributed by atoms with van der Waals surface area (Å²) in [5, 5.41) is 9.62. The van der Waals surface area contributed by atoms with Gasteiger partial charge in [-0.1, -0.05) is 20.3 Å². The minimum Gasteiger partial charge on any atom is -0.480 e. The molecule has 0 saturated heterocycles. The van der Waals surface area contributed by atoms with Crippen molar-refractivity contribution in [3.63, 3.8) is 0 Å². The number of carbonyl (C=O) groups is 1. The van der Waals surface area contributed by atoms with Crippen molar-refractivity contribution in [2.24, 2.45) is 5.92 Å². The lowest BCUT2D eigenvalue weighted by atomic mass is 9.75. The number of rotatable bonds is 5. The van der Waals surface area contributed by atoms with Crippen LogP contribution in [0.15, 0.2) is 0 Å². The second kappa shape index (κ2) is 5.85. The van der Waals surface area contributed by atoms with Crippen LogP contribution in [-0.4, -0.2) is 34.6 Å². The predicted molar refractivity (Wildman–Crippen MR) is 70.1 cm³/mol. The Morgan fingerprint density at radius 2 is 2.00 bits per heavy atom. The van der Waals surface area contributed by atoms with Gasteiger partial charge in [0.2, 0.25) is 0 Å². The van der Waals surface area contributed by atoms with Crippen LogP contribution in [0.1, 0.15) is 59.3 Å². The maximum Gasteiger partial charge on any atom is 0.324 e. The van der Waals surface area contributed by atoms with E-state index in [1.165, 1.54) is 0 Å². The number of carboxylic acid groups (broad SMARTS) is 1. The SMILES string of the molecule is CCCC(C)N(C)C1(C(=O)O)CCC(C)CC1. The second-order valence-electron chi connectivity index (χ2n) is 5.77. The van der Waals surface area contributed by atoms with E-state index >= 15 is 0 Å². The zero-order valence-electron chi connectivity index (χ0n) is 11.7. The highest BCUT2D eigenvalue weighted by Crippen LogP contribution is 2.37. The summed E-state index contributed by atoms with van der Waals surface area (Å²) in [6.45, 7) is 6.52. The third-order valence-corrected chi connectivity index (χ3v) is 4.54. The molecule has 100 valence electrons. The molecule has 1 aliphatic rings. The molecule has 0 aromatic carbocycles. The summed E-state index contributed by atoms with van der Waals surface area (Å²) >= 11 is 0. The molecule has 1 atom stereocenters. The Kier molecular flexibility index (Phi) is 4.99. The highest BCUT2D eigenvalue weighted by atomic mass is 16.4. The van der Waals surface area contributed by atoms with E-state index in [-0.39, 0.29) is 0 Å². The highest BCUT2D eigenvalue weighted by molar-refractivity contribution is 5.79. The molecular weight excluding hydrogens is 214 g/mol. The lowest BCUT2D eigenvalue weighted by Crippen LogP contribution is -2.57. The third kappa shape index (κ3) is 3.01. The fraction of sp³-hybridized carbons (Fsp3) is 0.929. The fourth-order valence-corrected chi connectivity index (χ4v) is 2.99. The quantitative estimate of drug-likeness (QED) is 0.804. The Hall–Kier alpha value is -0.570. The van der Waals surface area contributed by atoms with Crippen molar-refractivity contribution in [1.29, 1.82) is 0 Å². The predicted octanol–water partition coefficient (Wildman–Crippen LogP) is 3.14. The van der Waals surface area contributed by atoms with E-state index in [0.717, 1.165) is 38.5 Å². The topological polar surface area (TPSA) is 40.5 Å². The molecular formula is C14H27NO2. The lowest BCUT2D eigenvalue weighted by molar-refractivity contribution is -0.155. The third-order valence-electron chi connectivity index (χ3n) is 4.54. The Morgan fingerprint density at radius 3 is 2.41 bits per heavy atom. The van der Waals surface area contributed by atoms with Crippen molar-refractivity contribution in [3.05, 3.63) is 0 Å². The van der Waals surface area contributed by atoms with Gasteiger partial charge in [-0.3, -0.25) is 9.69 Å². The van der Waals surface area contributed by atoms with E-state index in [2.05, 4.69) is 25.7 Å². The minimum absolute atomic E-state index is 0.351. The van der Waals surface area contributed by atoms with Gasteiger partial charge >= 0.3 is 5.97 Å². The largest absolute Gasteiger partial charge is 0.480 e. The van der Waals surface area contributed by atoms with Gasteiger partial charge in [0.1, 0.15) is 5.54 Å². The summed E-state index contributed by atoms with van der Waals surface area (Å²) in [6, 6.07) is 0.351. The number of aliphatic carboxylic acids is 1. The van der Waals surface area contributed by atoms with E-state index in [1.807, 2.05) is 7.05 Å². The van der Waals surface area contributed by atoms with E-state index in [1.54, 1.807) is 0 Å². The zero-order chi connectivity index (χ0) is 13.1. The van der Waals surface area contributed by atoms with Crippen LogP contribution < -0.4 is 0 Å². The van der Waals surface area contributed by atoms with Crippen LogP contribution in [0.3, 0.4) is 0 Å². The van der Waals surface area contributed by atoms with Gasteiger partial charge < -0.3 is 5.11 Å². The Balaban J connectivity index is 2.81. The van der Waals surface area contributed by atoms with Crippen LogP contribution in [0.5, 0.6) is 0 Å². The summed E-state index contributed by atoms with van der Waals surface area (Å²) in [5.74, 6) is 0.0483. The maximum atomic E-state index is 11.7. The zero-order valence-corrected chi connectivity index (χ0v) is 11.7. The summed E-state index contributed by atoms with van der Waals surface area (Å²) in [7, 11) is 1.99. The molecule has 1 saturated carbocycles. The summed E-state index contributed by atoms with van der Waals surface area (Å²) < 4.78 is 0. The molecule has 1 unspecified atom stereocenters. The molecule has 0 aliphatic heterocycles. The number of likely N-dealkylation sites (N-methyl/N-ethyl adjacent to an activating group) is 1. The second-order valence-corrected chi connectivity index (χ2v) is 5.77. The first-order valence-electron chi connectivity index (χ1n) is 6.90. The molecule has 0 aromatic heterocycles. The van der Waals surface area contributed by atoms with Crippen LogP contribution in [0.25, 0.3) is 0 Å². The average molecular weight is 241 g/mol. The van der Waals surface area contributed by atoms with Gasteiger partial charge in [0.15, 0.2) is 0 Å². The lowest BCUT2D eigenvalue weighted by Gasteiger charge is -2.45. The number of hydrogen-bond acceptors (Lipinski definition) is 2. The maximum absolute atomic E-state index is 11.7. The van der Waals surface area contributed by atoms with Gasteiger partial charge in [-0.05, 0) is 52.0 Å². The van der Waals surface area contributed by atoms with Crippen molar-refractivity contribution in [2.75, 3.05) is 7.05 Å². The number of carboxylic acids is 1. The fourth-order valence-electron chi connectivity index (χ4n) is 2.99. The van der Waals surface area contributed by atoms with Crippen LogP contribution >= 0.6 is 0 Å². The first-order chi connectivity index (χ1) is 7.94. The van der Waals surface area contributed by atoms with Crippen LogP contribution in [0.4, 0.5) is 0 Å². The average Bonchev–Trinajstić information content (AvgIpc) is 2.29. The van der Waals surface area contributed by atoms with Crippen LogP contribution in [0.2, 0.25) is 0 Å². The van der Waals surface area contributed by atoms with E-state index in [4.69, 9.17) is 0 Å². The van der Waals surface area contributed by atoms with Crippen molar-refractivity contribution >= 4 is 5.97 Å². The normalized spacial score (nSPS) is 31.5. The van der Waals surface area contributed by atoms with Gasteiger partial charge in [0, 0.05) is 6.04 Å². The molecule has 0 bridgehead atoms. The highest BCUT2D eigenvalue weighted by Gasteiger charge is 2.45. The number of hydrogen-bond donors (Lipinski definition) is 1. The van der Waals surface area contributed by atoms with Crippen molar-refractivity contribution in [3.8, 4) is 0 Å². The van der Waals surface area contributed by atoms with Gasteiger partial charge in [0.25, 0.3) is 0 Å². The molecule has 0 radical (unpaired) electrons. The van der Waals surface area contributed by atoms with Gasteiger partial charge in [-0.2, -0.15) is 0 Å². The molecule has 1 rings (SSSR count). The van der Waals surface area contributed by atoms with Gasteiger partial charge in [-0.25, -0.2) is 0 Å². The molecule has 17 heavy (non-hydrogen) atoms. The standard InChI is InChI=1S/C14H27NO2/c1-5-6-12(3)15(4)14(13(16)17)9-7-11(2)8-10-14/h11-12H,5-10H2,1-4H3,(H,16,17). The molecule has 0 spiro atoms. The molecule has 0 heterocycles. The molecule has 3 nitrogen and oxygen atoms in total. The van der Waals surface area contributed by atoms with Crippen molar-refractivity contribution in [1.82, 2.24) is 4.90 Å². The molecule has 0 amide bonds. The van der Waals surface area contributed by atoms with Crippen molar-refractivity contribution in [2.45, 2.75) is 70.9 Å². The first kappa shape index (κ1) is 14.5. The van der Waals surface area contributed by atoms with Crippen molar-refractivity contribution < 1.29 is 9.90 Å². The van der Waals surface area contributed by atoms with E-state index < -0.39 is 11.5 Å².